The highest BCUT2D eigenvalue weighted by Gasteiger charge is 2.17. The van der Waals surface area contributed by atoms with Gasteiger partial charge in [-0.05, 0) is 38.5 Å². The second kappa shape index (κ2) is 11.6. The number of nitrogens with zero attached hydrogens (tertiary/aromatic N) is 4. The van der Waals surface area contributed by atoms with E-state index in [0.717, 1.165) is 5.56 Å². The monoisotopic (exact) mass is 407 g/mol. The predicted molar refractivity (Wildman–Crippen MR) is 115 cm³/mol. The molecular formula is C21H34FN5O2. The number of ether oxygens (including phenoxy) is 1. The van der Waals surface area contributed by atoms with Gasteiger partial charge in [-0.1, -0.05) is 6.07 Å². The van der Waals surface area contributed by atoms with E-state index in [1.165, 1.54) is 0 Å². The molecule has 1 aromatic rings. The highest BCUT2D eigenvalue weighted by atomic mass is 19.1. The van der Waals surface area contributed by atoms with Crippen LogP contribution in [-0.2, 0) is 16.1 Å². The molecule has 0 atom stereocenters. The second-order valence-electron chi connectivity index (χ2n) is 6.98. The molecule has 29 heavy (non-hydrogen) atoms. The molecule has 1 aliphatic rings. The number of rotatable bonds is 8. The second-order valence-corrected chi connectivity index (χ2v) is 6.98. The first-order valence-electron chi connectivity index (χ1n) is 10.4. The van der Waals surface area contributed by atoms with Gasteiger partial charge in [0, 0.05) is 39.8 Å². The van der Waals surface area contributed by atoms with E-state index < -0.39 is 0 Å². The number of amides is 1. The maximum absolute atomic E-state index is 14.6. The van der Waals surface area contributed by atoms with Gasteiger partial charge in [0.05, 0.1) is 32.0 Å². The minimum atomic E-state index is -0.241. The molecule has 0 unspecified atom stereocenters. The molecule has 0 saturated carbocycles. The number of halogens is 1. The van der Waals surface area contributed by atoms with Crippen molar-refractivity contribution in [2.75, 3.05) is 64.4 Å². The average molecular weight is 408 g/mol. The molecule has 0 aromatic heterocycles. The van der Waals surface area contributed by atoms with E-state index >= 15 is 0 Å². The number of morpholine rings is 1. The fourth-order valence-corrected chi connectivity index (χ4v) is 3.30. The van der Waals surface area contributed by atoms with E-state index in [1.807, 2.05) is 49.8 Å². The molecule has 0 spiro atoms. The molecule has 2 rings (SSSR count). The summed E-state index contributed by atoms with van der Waals surface area (Å²) in [6.45, 7) is 11.2. The van der Waals surface area contributed by atoms with Crippen molar-refractivity contribution >= 4 is 17.6 Å². The highest BCUT2D eigenvalue weighted by Crippen LogP contribution is 2.22. The zero-order valence-electron chi connectivity index (χ0n) is 18.1. The van der Waals surface area contributed by atoms with Crippen LogP contribution in [0.3, 0.4) is 0 Å². The van der Waals surface area contributed by atoms with E-state index in [0.29, 0.717) is 64.1 Å². The number of carbonyl (C=O) groups excluding carboxylic acids is 1. The van der Waals surface area contributed by atoms with Crippen molar-refractivity contribution in [1.82, 2.24) is 15.1 Å². The number of hydrogen-bond donors (Lipinski definition) is 1. The van der Waals surface area contributed by atoms with Crippen molar-refractivity contribution in [1.29, 1.82) is 0 Å². The Bertz CT molecular complexity index is 688. The summed E-state index contributed by atoms with van der Waals surface area (Å²) in [5.41, 5.74) is 1.40. The molecule has 1 aliphatic heterocycles. The van der Waals surface area contributed by atoms with Crippen LogP contribution in [0.1, 0.15) is 26.3 Å². The number of hydrogen-bond acceptors (Lipinski definition) is 4. The molecule has 1 fully saturated rings. The molecule has 0 bridgehead atoms. The maximum Gasteiger partial charge on any atom is 0.242 e. The summed E-state index contributed by atoms with van der Waals surface area (Å²) in [6.07, 6.45) is 0. The SMILES string of the molecule is CCNC(=NCc1ccc(N2CCOCC2)c(F)c1)N(C)CC(=O)N(CC)CC. The summed E-state index contributed by atoms with van der Waals surface area (Å²) in [5, 5.41) is 3.20. The van der Waals surface area contributed by atoms with Gasteiger partial charge in [-0.2, -0.15) is 0 Å². The summed E-state index contributed by atoms with van der Waals surface area (Å²) >= 11 is 0. The van der Waals surface area contributed by atoms with Crippen molar-refractivity contribution in [3.8, 4) is 0 Å². The third-order valence-corrected chi connectivity index (χ3v) is 4.96. The van der Waals surface area contributed by atoms with Crippen LogP contribution in [0, 0.1) is 5.82 Å². The van der Waals surface area contributed by atoms with Gasteiger partial charge in [-0.25, -0.2) is 9.38 Å². The van der Waals surface area contributed by atoms with Crippen LogP contribution < -0.4 is 10.2 Å². The van der Waals surface area contributed by atoms with Crippen LogP contribution in [-0.4, -0.2) is 81.2 Å². The van der Waals surface area contributed by atoms with Crippen LogP contribution in [0.15, 0.2) is 23.2 Å². The van der Waals surface area contributed by atoms with Crippen LogP contribution in [0.5, 0.6) is 0 Å². The number of anilines is 1. The Morgan fingerprint density at radius 2 is 1.93 bits per heavy atom. The molecule has 1 amide bonds. The van der Waals surface area contributed by atoms with Gasteiger partial charge < -0.3 is 24.8 Å². The smallest absolute Gasteiger partial charge is 0.242 e. The molecule has 1 N–H and O–H groups in total. The summed E-state index contributed by atoms with van der Waals surface area (Å²) in [5.74, 6) is 0.448. The van der Waals surface area contributed by atoms with E-state index in [-0.39, 0.29) is 18.3 Å². The lowest BCUT2D eigenvalue weighted by molar-refractivity contribution is -0.131. The normalized spacial score (nSPS) is 14.7. The number of carbonyl (C=O) groups is 1. The van der Waals surface area contributed by atoms with E-state index in [9.17, 15) is 9.18 Å². The van der Waals surface area contributed by atoms with E-state index in [2.05, 4.69) is 10.3 Å². The average Bonchev–Trinajstić information content (AvgIpc) is 2.72. The van der Waals surface area contributed by atoms with Crippen molar-refractivity contribution < 1.29 is 13.9 Å². The molecule has 1 saturated heterocycles. The van der Waals surface area contributed by atoms with Crippen LogP contribution in [0.25, 0.3) is 0 Å². The predicted octanol–water partition coefficient (Wildman–Crippen LogP) is 1.93. The summed E-state index contributed by atoms with van der Waals surface area (Å²) < 4.78 is 19.9. The van der Waals surface area contributed by atoms with Crippen molar-refractivity contribution in [2.45, 2.75) is 27.3 Å². The lowest BCUT2D eigenvalue weighted by atomic mass is 10.1. The Hall–Kier alpha value is -2.35. The maximum atomic E-state index is 14.6. The lowest BCUT2D eigenvalue weighted by Gasteiger charge is -2.29. The van der Waals surface area contributed by atoms with Crippen molar-refractivity contribution in [3.05, 3.63) is 29.6 Å². The fraction of sp³-hybridized carbons (Fsp3) is 0.619. The van der Waals surface area contributed by atoms with Crippen LogP contribution in [0.2, 0.25) is 0 Å². The molecule has 8 heteroatoms. The molecule has 0 aliphatic carbocycles. The van der Waals surface area contributed by atoms with Gasteiger partial charge in [0.2, 0.25) is 5.91 Å². The summed E-state index contributed by atoms with van der Waals surface area (Å²) in [4.78, 5) is 22.6. The Kier molecular flexibility index (Phi) is 9.18. The Labute approximate surface area is 173 Å². The Morgan fingerprint density at radius 1 is 1.24 bits per heavy atom. The third-order valence-electron chi connectivity index (χ3n) is 4.96. The standard InChI is InChI=1S/C21H34FN5O2/c1-5-23-21(25(4)16-20(28)26(6-2)7-3)24-15-17-8-9-19(18(22)14-17)27-10-12-29-13-11-27/h8-9,14H,5-7,10-13,15-16H2,1-4H3,(H,23,24). The zero-order chi connectivity index (χ0) is 21.2. The third kappa shape index (κ3) is 6.59. The number of benzene rings is 1. The van der Waals surface area contributed by atoms with Crippen molar-refractivity contribution in [3.63, 3.8) is 0 Å². The molecular weight excluding hydrogens is 373 g/mol. The zero-order valence-corrected chi connectivity index (χ0v) is 18.1. The number of aliphatic imine (C=N–C) groups is 1. The largest absolute Gasteiger partial charge is 0.378 e. The van der Waals surface area contributed by atoms with Crippen LogP contribution in [0.4, 0.5) is 10.1 Å². The molecule has 1 aromatic carbocycles. The van der Waals surface area contributed by atoms with Gasteiger partial charge >= 0.3 is 0 Å². The minimum absolute atomic E-state index is 0.0593. The van der Waals surface area contributed by atoms with Gasteiger partial charge in [-0.15, -0.1) is 0 Å². The fourth-order valence-electron chi connectivity index (χ4n) is 3.30. The van der Waals surface area contributed by atoms with E-state index in [1.54, 1.807) is 11.0 Å². The topological polar surface area (TPSA) is 60.4 Å². The number of guanidine groups is 1. The molecule has 1 heterocycles. The molecule has 7 nitrogen and oxygen atoms in total. The first-order chi connectivity index (χ1) is 14.0. The van der Waals surface area contributed by atoms with Gasteiger partial charge in [0.15, 0.2) is 5.96 Å². The molecule has 162 valence electrons. The van der Waals surface area contributed by atoms with E-state index in [4.69, 9.17) is 4.74 Å². The Morgan fingerprint density at radius 3 is 2.52 bits per heavy atom. The Balaban J connectivity index is 2.05. The number of nitrogens with one attached hydrogen (secondary N) is 1. The van der Waals surface area contributed by atoms with Gasteiger partial charge in [0.25, 0.3) is 0 Å². The first kappa shape index (κ1) is 22.9. The quantitative estimate of drug-likeness (QED) is 0.527. The van der Waals surface area contributed by atoms with Crippen molar-refractivity contribution in [2.24, 2.45) is 4.99 Å². The number of likely N-dealkylation sites (N-methyl/N-ethyl adjacent to an activating group) is 2. The summed E-state index contributed by atoms with van der Waals surface area (Å²) in [7, 11) is 1.84. The lowest BCUT2D eigenvalue weighted by Crippen LogP contribution is -2.45. The van der Waals surface area contributed by atoms with Crippen LogP contribution >= 0.6 is 0 Å². The summed E-state index contributed by atoms with van der Waals surface area (Å²) in [6, 6.07) is 5.26. The van der Waals surface area contributed by atoms with Gasteiger partial charge in [-0.3, -0.25) is 4.79 Å². The molecule has 0 radical (unpaired) electrons. The highest BCUT2D eigenvalue weighted by molar-refractivity contribution is 5.86. The van der Waals surface area contributed by atoms with Gasteiger partial charge in [0.1, 0.15) is 5.82 Å². The first-order valence-corrected chi connectivity index (χ1v) is 10.4. The minimum Gasteiger partial charge on any atom is -0.378 e.